The van der Waals surface area contributed by atoms with Crippen LogP contribution in [0.3, 0.4) is 0 Å². The third kappa shape index (κ3) is 4.89. The second-order valence-corrected chi connectivity index (χ2v) is 9.81. The quantitative estimate of drug-likeness (QED) is 0.296. The number of ether oxygens (including phenoxy) is 1. The molecule has 0 aliphatic carbocycles. The minimum Gasteiger partial charge on any atom is -0.486 e. The third-order valence-corrected chi connectivity index (χ3v) is 6.94. The summed E-state index contributed by atoms with van der Waals surface area (Å²) in [5, 5.41) is 1.13. The van der Waals surface area contributed by atoms with Crippen molar-refractivity contribution >= 4 is 95.3 Å². The lowest BCUT2D eigenvalue weighted by Crippen LogP contribution is -2.22. The van der Waals surface area contributed by atoms with E-state index < -0.39 is 0 Å². The van der Waals surface area contributed by atoms with Gasteiger partial charge in [0.2, 0.25) is 0 Å². The summed E-state index contributed by atoms with van der Waals surface area (Å²) in [4.78, 5) is 14.2. The number of likely N-dealkylation sites (N-methyl/N-ethyl adjacent to an activating group) is 1. The first-order valence-electron chi connectivity index (χ1n) is 7.53. The fourth-order valence-electron chi connectivity index (χ4n) is 2.29. The van der Waals surface area contributed by atoms with Crippen molar-refractivity contribution in [3.63, 3.8) is 0 Å². The average Bonchev–Trinajstić information content (AvgIpc) is 2.83. The van der Waals surface area contributed by atoms with E-state index in [2.05, 4.69) is 31.9 Å². The molecule has 3 nitrogen and oxygen atoms in total. The van der Waals surface area contributed by atoms with Crippen LogP contribution in [0.1, 0.15) is 11.1 Å². The van der Waals surface area contributed by atoms with E-state index in [-0.39, 0.29) is 5.91 Å². The highest BCUT2D eigenvalue weighted by Gasteiger charge is 2.28. The van der Waals surface area contributed by atoms with Gasteiger partial charge < -0.3 is 4.74 Å². The Bertz CT molecular complexity index is 959. The molecule has 0 bridgehead atoms. The Balaban J connectivity index is 1.81. The molecule has 27 heavy (non-hydrogen) atoms. The highest BCUT2D eigenvalue weighted by molar-refractivity contribution is 9.11. The molecule has 140 valence electrons. The molecule has 1 aliphatic heterocycles. The number of benzene rings is 2. The lowest BCUT2D eigenvalue weighted by atomic mass is 10.2. The maximum atomic E-state index is 12.2. The van der Waals surface area contributed by atoms with E-state index in [0.717, 1.165) is 20.1 Å². The summed E-state index contributed by atoms with van der Waals surface area (Å²) in [6.45, 7) is 0.293. The summed E-state index contributed by atoms with van der Waals surface area (Å²) < 4.78 is 7.96. The molecule has 0 spiro atoms. The first-order valence-corrected chi connectivity index (χ1v) is 11.1. The van der Waals surface area contributed by atoms with Gasteiger partial charge in [0.05, 0.1) is 13.9 Å². The molecule has 0 N–H and O–H groups in total. The van der Waals surface area contributed by atoms with E-state index >= 15 is 0 Å². The molecule has 0 saturated carbocycles. The number of hydrogen-bond donors (Lipinski definition) is 0. The van der Waals surface area contributed by atoms with Crippen LogP contribution >= 0.6 is 79.0 Å². The highest BCUT2D eigenvalue weighted by atomic mass is 79.9. The zero-order valence-corrected chi connectivity index (χ0v) is 20.1. The van der Waals surface area contributed by atoms with Crippen LogP contribution in [0, 0.1) is 0 Å². The monoisotopic (exact) mass is 565 g/mol. The molecule has 1 heterocycles. The van der Waals surface area contributed by atoms with E-state index in [9.17, 15) is 4.79 Å². The number of carbonyl (C=O) groups is 1. The summed E-state index contributed by atoms with van der Waals surface area (Å²) in [5.41, 5.74) is 1.68. The van der Waals surface area contributed by atoms with E-state index in [0.29, 0.717) is 31.6 Å². The fourth-order valence-corrected chi connectivity index (χ4v) is 5.38. The summed E-state index contributed by atoms with van der Waals surface area (Å²) in [6.07, 6.45) is 1.80. The molecule has 0 unspecified atom stereocenters. The van der Waals surface area contributed by atoms with Crippen LogP contribution in [-0.2, 0) is 11.4 Å². The van der Waals surface area contributed by atoms with Crippen molar-refractivity contribution in [3.8, 4) is 5.75 Å². The standard InChI is InChI=1S/C18H11Br2Cl2NO2S2/c1-23-17(24)15(27-18(23)26)6-9-4-12(19)16(13(20)5-9)25-8-10-2-3-11(21)7-14(10)22/h2-7H,8H2,1H3/b15-6-. The van der Waals surface area contributed by atoms with Gasteiger partial charge in [-0.1, -0.05) is 53.2 Å². The number of carbonyl (C=O) groups excluding carboxylic acids is 1. The van der Waals surface area contributed by atoms with Crippen LogP contribution in [0.2, 0.25) is 10.0 Å². The van der Waals surface area contributed by atoms with Crippen LogP contribution in [0.15, 0.2) is 44.2 Å². The predicted octanol–water partition coefficient (Wildman–Crippen LogP) is 6.93. The maximum absolute atomic E-state index is 12.2. The van der Waals surface area contributed by atoms with Crippen molar-refractivity contribution in [3.05, 3.63) is 65.4 Å². The highest BCUT2D eigenvalue weighted by Crippen LogP contribution is 2.38. The molecular formula is C18H11Br2Cl2NO2S2. The Labute approximate surface area is 193 Å². The molecule has 2 aromatic rings. The van der Waals surface area contributed by atoms with Gasteiger partial charge in [-0.3, -0.25) is 9.69 Å². The van der Waals surface area contributed by atoms with Crippen molar-refractivity contribution in [2.45, 2.75) is 6.61 Å². The summed E-state index contributed by atoms with van der Waals surface area (Å²) >= 11 is 25.6. The Kier molecular flexibility index (Phi) is 6.93. The molecule has 1 amide bonds. The lowest BCUT2D eigenvalue weighted by Gasteiger charge is -2.12. The van der Waals surface area contributed by atoms with Gasteiger partial charge in [0.25, 0.3) is 5.91 Å². The lowest BCUT2D eigenvalue weighted by molar-refractivity contribution is -0.121. The SMILES string of the molecule is CN1C(=O)/C(=C/c2cc(Br)c(OCc3ccc(Cl)cc3Cl)c(Br)c2)SC1=S. The minimum atomic E-state index is -0.102. The van der Waals surface area contributed by atoms with Crippen molar-refractivity contribution in [1.82, 2.24) is 4.90 Å². The van der Waals surface area contributed by atoms with E-state index in [1.165, 1.54) is 16.7 Å². The molecule has 1 saturated heterocycles. The smallest absolute Gasteiger partial charge is 0.265 e. The van der Waals surface area contributed by atoms with Gasteiger partial charge >= 0.3 is 0 Å². The van der Waals surface area contributed by atoms with Crippen LogP contribution in [0.4, 0.5) is 0 Å². The molecule has 0 aromatic heterocycles. The molecule has 0 radical (unpaired) electrons. The van der Waals surface area contributed by atoms with Crippen LogP contribution < -0.4 is 4.74 Å². The minimum absolute atomic E-state index is 0.102. The Morgan fingerprint density at radius 1 is 1.22 bits per heavy atom. The van der Waals surface area contributed by atoms with Crippen LogP contribution in [-0.4, -0.2) is 22.2 Å². The molecule has 1 fully saturated rings. The van der Waals surface area contributed by atoms with E-state index in [4.69, 9.17) is 40.2 Å². The van der Waals surface area contributed by atoms with Gasteiger partial charge in [-0.05, 0) is 67.8 Å². The summed E-state index contributed by atoms with van der Waals surface area (Å²) in [6, 6.07) is 9.03. The van der Waals surface area contributed by atoms with Gasteiger partial charge in [0.15, 0.2) is 0 Å². The molecule has 2 aromatic carbocycles. The van der Waals surface area contributed by atoms with Gasteiger partial charge in [-0.2, -0.15) is 0 Å². The number of thioether (sulfide) groups is 1. The van der Waals surface area contributed by atoms with Gasteiger partial charge in [-0.25, -0.2) is 0 Å². The van der Waals surface area contributed by atoms with Crippen molar-refractivity contribution in [2.24, 2.45) is 0 Å². The number of hydrogen-bond acceptors (Lipinski definition) is 4. The number of halogens is 4. The second-order valence-electron chi connectivity index (χ2n) is 5.58. The van der Waals surface area contributed by atoms with Crippen LogP contribution in [0.25, 0.3) is 6.08 Å². The summed E-state index contributed by atoms with van der Waals surface area (Å²) in [5.74, 6) is 0.538. The van der Waals surface area contributed by atoms with Gasteiger partial charge in [0, 0.05) is 22.7 Å². The Morgan fingerprint density at radius 2 is 1.89 bits per heavy atom. The molecule has 0 atom stereocenters. The first-order chi connectivity index (χ1) is 12.8. The zero-order valence-electron chi connectivity index (χ0n) is 13.8. The Hall–Kier alpha value is -0.570. The van der Waals surface area contributed by atoms with Gasteiger partial charge in [-0.15, -0.1) is 0 Å². The summed E-state index contributed by atoms with van der Waals surface area (Å²) in [7, 11) is 1.67. The Morgan fingerprint density at radius 3 is 2.44 bits per heavy atom. The van der Waals surface area contributed by atoms with Crippen molar-refractivity contribution in [1.29, 1.82) is 0 Å². The number of thiocarbonyl (C=S) groups is 1. The normalized spacial score (nSPS) is 15.7. The third-order valence-electron chi connectivity index (χ3n) is 3.69. The average molecular weight is 568 g/mol. The predicted molar refractivity (Wildman–Crippen MR) is 124 cm³/mol. The zero-order chi connectivity index (χ0) is 19.7. The van der Waals surface area contributed by atoms with Crippen molar-refractivity contribution in [2.75, 3.05) is 7.05 Å². The van der Waals surface area contributed by atoms with Crippen molar-refractivity contribution < 1.29 is 9.53 Å². The fraction of sp³-hybridized carbons (Fsp3) is 0.111. The largest absolute Gasteiger partial charge is 0.486 e. The van der Waals surface area contributed by atoms with E-state index in [1.807, 2.05) is 18.2 Å². The second kappa shape index (κ2) is 8.84. The molecule has 9 heteroatoms. The number of amides is 1. The molecule has 1 aliphatic rings. The maximum Gasteiger partial charge on any atom is 0.265 e. The first kappa shape index (κ1) is 21.1. The topological polar surface area (TPSA) is 29.5 Å². The molecule has 3 rings (SSSR count). The van der Waals surface area contributed by atoms with Gasteiger partial charge in [0.1, 0.15) is 16.7 Å². The number of nitrogens with zero attached hydrogens (tertiary/aromatic N) is 1. The number of rotatable bonds is 4. The van der Waals surface area contributed by atoms with E-state index in [1.54, 1.807) is 25.3 Å². The molecular weight excluding hydrogens is 557 g/mol. The van der Waals surface area contributed by atoms with Crippen LogP contribution in [0.5, 0.6) is 5.75 Å².